The quantitative estimate of drug-likeness (QED) is 0.403. The van der Waals surface area contributed by atoms with Crippen molar-refractivity contribution >= 4 is 5.97 Å². The molecule has 30 heavy (non-hydrogen) atoms. The molecule has 1 aliphatic heterocycles. The zero-order valence-corrected chi connectivity index (χ0v) is 13.4. The molecule has 0 aromatic heterocycles. The molecule has 0 N–H and O–H groups in total. The lowest BCUT2D eigenvalue weighted by atomic mass is 9.90. The zero-order valence-electron chi connectivity index (χ0n) is 13.4. The summed E-state index contributed by atoms with van der Waals surface area (Å²) in [5, 5.41) is 0. The minimum Gasteiger partial charge on any atom is -0.487 e. The van der Waals surface area contributed by atoms with Gasteiger partial charge in [-0.1, -0.05) is 0 Å². The van der Waals surface area contributed by atoms with Crippen molar-refractivity contribution in [3.8, 4) is 0 Å². The Hall–Kier alpha value is -2.04. The summed E-state index contributed by atoms with van der Waals surface area (Å²) in [4.78, 5) is 10.9. The highest BCUT2D eigenvalue weighted by Crippen LogP contribution is 2.63. The smallest absolute Gasteiger partial charge is 0.460 e. The lowest BCUT2D eigenvalue weighted by Gasteiger charge is -2.41. The Bertz CT molecular complexity index is 706. The van der Waals surface area contributed by atoms with E-state index in [0.717, 1.165) is 0 Å². The van der Waals surface area contributed by atoms with E-state index in [-0.39, 0.29) is 0 Å². The average Bonchev–Trinajstić information content (AvgIpc) is 2.77. The number of hydrogen-bond acceptors (Lipinski definition) is 3. The van der Waals surface area contributed by atoms with Crippen LogP contribution in [-0.2, 0) is 14.3 Å². The van der Waals surface area contributed by atoms with Crippen molar-refractivity contribution < 1.29 is 80.1 Å². The number of rotatable bonds is 6. The van der Waals surface area contributed by atoms with Crippen LogP contribution in [0.3, 0.4) is 0 Å². The molecule has 1 heterocycles. The second-order valence-electron chi connectivity index (χ2n) is 5.47. The Morgan fingerprint density at radius 2 is 0.933 bits per heavy atom. The van der Waals surface area contributed by atoms with Gasteiger partial charge in [-0.05, 0) is 0 Å². The number of hydrogen-bond donors (Lipinski definition) is 0. The number of allylic oxidation sites excluding steroid dienone is 1. The molecule has 0 atom stereocenters. The molecule has 0 aromatic rings. The van der Waals surface area contributed by atoms with E-state index in [9.17, 15) is 70.7 Å². The summed E-state index contributed by atoms with van der Waals surface area (Å²) >= 11 is 0. The summed E-state index contributed by atoms with van der Waals surface area (Å²) in [5.74, 6) is -52.4. The van der Waals surface area contributed by atoms with Crippen molar-refractivity contribution in [2.45, 2.75) is 41.7 Å². The fraction of sp³-hybridized carbons (Fsp3) is 0.750. The molecule has 18 heteroatoms. The Kier molecular flexibility index (Phi) is 6.06. The number of halogens is 15. The third-order valence-electron chi connectivity index (χ3n) is 3.47. The van der Waals surface area contributed by atoms with E-state index >= 15 is 0 Å². The Morgan fingerprint density at radius 1 is 0.567 bits per heavy atom. The van der Waals surface area contributed by atoms with Crippen LogP contribution in [0.2, 0.25) is 0 Å². The van der Waals surface area contributed by atoms with Crippen LogP contribution in [0, 0.1) is 0 Å². The van der Waals surface area contributed by atoms with E-state index in [2.05, 4.69) is 9.47 Å². The molecule has 0 spiro atoms. The van der Waals surface area contributed by atoms with Gasteiger partial charge in [0.1, 0.15) is 13.2 Å². The fourth-order valence-corrected chi connectivity index (χ4v) is 1.79. The first-order valence-electron chi connectivity index (χ1n) is 6.85. The Balaban J connectivity index is 3.60. The molecule has 3 nitrogen and oxygen atoms in total. The molecular weight excluding hydrogens is 477 g/mol. The highest BCUT2D eigenvalue weighted by atomic mass is 19.4. The van der Waals surface area contributed by atoms with Gasteiger partial charge in [0.25, 0.3) is 0 Å². The van der Waals surface area contributed by atoms with E-state index in [1.165, 1.54) is 0 Å². The first-order chi connectivity index (χ1) is 13.0. The SMILES string of the molecule is O=C1C=C(C(F)(F)C(F)(F)C(F)(F)C(F)(F)C(F)(F)C(F)(F)C(F)(F)F)OCCO1. The standard InChI is InChI=1S/C12H5F15O3/c13-6(14,4-3-5(28)30-2-1-29-4)7(15,16)8(17,18)9(19,20)10(21,22)11(23,24)12(25,26)27/h3H,1-2H2. The summed E-state index contributed by atoms with van der Waals surface area (Å²) < 4.78 is 203. The summed E-state index contributed by atoms with van der Waals surface area (Å²) in [7, 11) is 0. The average molecular weight is 482 g/mol. The van der Waals surface area contributed by atoms with Crippen molar-refractivity contribution in [3.05, 3.63) is 11.8 Å². The number of ether oxygens (including phenoxy) is 2. The minimum atomic E-state index is -8.41. The maximum absolute atomic E-state index is 13.8. The molecule has 0 fully saturated rings. The van der Waals surface area contributed by atoms with Crippen LogP contribution < -0.4 is 0 Å². The summed E-state index contributed by atoms with van der Waals surface area (Å²) in [6.07, 6.45) is -8.44. The van der Waals surface area contributed by atoms with Crippen LogP contribution in [0.25, 0.3) is 0 Å². The van der Waals surface area contributed by atoms with E-state index in [1.54, 1.807) is 0 Å². The van der Waals surface area contributed by atoms with E-state index in [1.807, 2.05) is 0 Å². The van der Waals surface area contributed by atoms with Gasteiger partial charge in [0, 0.05) is 0 Å². The molecule has 176 valence electrons. The zero-order chi connectivity index (χ0) is 24.2. The molecule has 0 saturated carbocycles. The van der Waals surface area contributed by atoms with Gasteiger partial charge < -0.3 is 9.47 Å². The van der Waals surface area contributed by atoms with Gasteiger partial charge in [-0.15, -0.1) is 0 Å². The number of esters is 1. The third kappa shape index (κ3) is 3.40. The highest BCUT2D eigenvalue weighted by molar-refractivity contribution is 5.83. The van der Waals surface area contributed by atoms with Crippen LogP contribution in [0.5, 0.6) is 0 Å². The summed E-state index contributed by atoms with van der Waals surface area (Å²) in [6.45, 7) is -2.21. The van der Waals surface area contributed by atoms with E-state index in [4.69, 9.17) is 0 Å². The van der Waals surface area contributed by atoms with Crippen molar-refractivity contribution in [3.63, 3.8) is 0 Å². The fourth-order valence-electron chi connectivity index (χ4n) is 1.79. The van der Waals surface area contributed by atoms with Gasteiger partial charge in [-0.2, -0.15) is 65.9 Å². The summed E-state index contributed by atoms with van der Waals surface area (Å²) in [5.41, 5.74) is 0. The third-order valence-corrected chi connectivity index (χ3v) is 3.47. The van der Waals surface area contributed by atoms with E-state index in [0.29, 0.717) is 0 Å². The van der Waals surface area contributed by atoms with E-state index < -0.39 is 72.7 Å². The predicted molar refractivity (Wildman–Crippen MR) is 60.7 cm³/mol. The molecule has 1 aliphatic rings. The number of carbonyl (C=O) groups is 1. The van der Waals surface area contributed by atoms with Gasteiger partial charge in [0.15, 0.2) is 5.76 Å². The van der Waals surface area contributed by atoms with Crippen molar-refractivity contribution in [1.82, 2.24) is 0 Å². The number of cyclic esters (lactones) is 1. The molecule has 0 aromatic carbocycles. The van der Waals surface area contributed by atoms with Crippen molar-refractivity contribution in [2.75, 3.05) is 13.2 Å². The van der Waals surface area contributed by atoms with Gasteiger partial charge >= 0.3 is 47.7 Å². The first-order valence-corrected chi connectivity index (χ1v) is 6.85. The van der Waals surface area contributed by atoms with Crippen LogP contribution in [0.15, 0.2) is 11.8 Å². The van der Waals surface area contributed by atoms with Crippen LogP contribution in [0.1, 0.15) is 0 Å². The molecule has 0 saturated heterocycles. The second kappa shape index (κ2) is 7.00. The molecule has 1 rings (SSSR count). The topological polar surface area (TPSA) is 35.5 Å². The number of alkyl halides is 15. The number of carbonyl (C=O) groups excluding carboxylic acids is 1. The van der Waals surface area contributed by atoms with Gasteiger partial charge in [-0.3, -0.25) is 0 Å². The van der Waals surface area contributed by atoms with Crippen LogP contribution in [-0.4, -0.2) is 60.9 Å². The summed E-state index contributed by atoms with van der Waals surface area (Å²) in [6, 6.07) is 0. The van der Waals surface area contributed by atoms with Gasteiger partial charge in [0.2, 0.25) is 0 Å². The first kappa shape index (κ1) is 26.0. The lowest BCUT2D eigenvalue weighted by Crippen LogP contribution is -2.72. The van der Waals surface area contributed by atoms with Gasteiger partial charge in [0.05, 0.1) is 6.08 Å². The van der Waals surface area contributed by atoms with Gasteiger partial charge in [-0.25, -0.2) is 4.79 Å². The van der Waals surface area contributed by atoms with Crippen molar-refractivity contribution in [1.29, 1.82) is 0 Å². The molecular formula is C12H5F15O3. The van der Waals surface area contributed by atoms with Crippen LogP contribution in [0.4, 0.5) is 65.9 Å². The second-order valence-corrected chi connectivity index (χ2v) is 5.47. The molecule has 0 unspecified atom stereocenters. The Morgan fingerprint density at radius 3 is 1.37 bits per heavy atom. The monoisotopic (exact) mass is 482 g/mol. The largest absolute Gasteiger partial charge is 0.487 e. The Labute approximate surface area is 154 Å². The predicted octanol–water partition coefficient (Wildman–Crippen LogP) is 4.82. The van der Waals surface area contributed by atoms with Crippen molar-refractivity contribution in [2.24, 2.45) is 0 Å². The van der Waals surface area contributed by atoms with Crippen LogP contribution >= 0.6 is 0 Å². The maximum Gasteiger partial charge on any atom is 0.460 e. The normalized spacial score (nSPS) is 18.4. The molecule has 0 bridgehead atoms. The molecule has 0 amide bonds. The maximum atomic E-state index is 13.8. The highest BCUT2D eigenvalue weighted by Gasteiger charge is 2.93. The minimum absolute atomic E-state index is 0.766. The molecule has 0 aliphatic carbocycles. The lowest BCUT2D eigenvalue weighted by molar-refractivity contribution is -0.451. The molecule has 0 radical (unpaired) electrons.